The number of halogens is 3. The zero-order valence-electron chi connectivity index (χ0n) is 14.4. The molecule has 0 saturated carbocycles. The summed E-state index contributed by atoms with van der Waals surface area (Å²) in [6, 6.07) is 9.70. The smallest absolute Gasteiger partial charge is 0.238 e. The van der Waals surface area contributed by atoms with Gasteiger partial charge in [0, 0.05) is 6.04 Å². The van der Waals surface area contributed by atoms with Crippen LogP contribution in [0, 0.1) is 17.5 Å². The minimum atomic E-state index is -1.61. The Morgan fingerprint density at radius 1 is 0.920 bits per heavy atom. The Labute approximate surface area is 145 Å². The van der Waals surface area contributed by atoms with E-state index in [1.807, 2.05) is 31.2 Å². The number of hydrogen-bond donors (Lipinski definition) is 2. The normalized spacial score (nSPS) is 12.3. The lowest BCUT2D eigenvalue weighted by atomic mass is 9.99. The second-order valence-corrected chi connectivity index (χ2v) is 6.20. The zero-order chi connectivity index (χ0) is 18.6. The van der Waals surface area contributed by atoms with Crippen molar-refractivity contribution in [1.82, 2.24) is 5.32 Å². The fourth-order valence-corrected chi connectivity index (χ4v) is 2.35. The number of carbonyl (C=O) groups excluding carboxylic acids is 1. The van der Waals surface area contributed by atoms with Crippen LogP contribution in [0.25, 0.3) is 0 Å². The van der Waals surface area contributed by atoms with Crippen LogP contribution in [-0.2, 0) is 4.79 Å². The monoisotopic (exact) mass is 350 g/mol. The van der Waals surface area contributed by atoms with Gasteiger partial charge in [0.05, 0.1) is 12.2 Å². The van der Waals surface area contributed by atoms with E-state index < -0.39 is 23.4 Å². The van der Waals surface area contributed by atoms with Crippen molar-refractivity contribution in [3.63, 3.8) is 0 Å². The van der Waals surface area contributed by atoms with E-state index in [1.54, 1.807) is 0 Å². The van der Waals surface area contributed by atoms with Gasteiger partial charge in [-0.2, -0.15) is 0 Å². The molecule has 1 amide bonds. The number of rotatable bonds is 6. The molecule has 0 aromatic heterocycles. The molecule has 0 fully saturated rings. The summed E-state index contributed by atoms with van der Waals surface area (Å²) in [5.74, 6) is -4.42. The number of amides is 1. The topological polar surface area (TPSA) is 41.1 Å². The first-order valence-corrected chi connectivity index (χ1v) is 8.06. The van der Waals surface area contributed by atoms with E-state index in [-0.39, 0.29) is 18.3 Å². The third kappa shape index (κ3) is 4.82. The summed E-state index contributed by atoms with van der Waals surface area (Å²) < 4.78 is 39.6. The van der Waals surface area contributed by atoms with E-state index in [0.29, 0.717) is 5.92 Å². The lowest BCUT2D eigenvalue weighted by molar-refractivity contribution is -0.115. The predicted octanol–water partition coefficient (Wildman–Crippen LogP) is 4.52. The third-order valence-corrected chi connectivity index (χ3v) is 3.98. The summed E-state index contributed by atoms with van der Waals surface area (Å²) in [5, 5.41) is 5.24. The summed E-state index contributed by atoms with van der Waals surface area (Å²) in [6.45, 7) is 6.03. The maximum absolute atomic E-state index is 13.5. The van der Waals surface area contributed by atoms with Crippen LogP contribution >= 0.6 is 0 Å². The minimum absolute atomic E-state index is 0.0917. The molecular formula is C19H21F3N2O. The van der Waals surface area contributed by atoms with E-state index in [9.17, 15) is 18.0 Å². The molecule has 2 N–H and O–H groups in total. The number of nitrogens with one attached hydrogen (secondary N) is 2. The van der Waals surface area contributed by atoms with Crippen molar-refractivity contribution in [3.8, 4) is 0 Å². The molecule has 2 rings (SSSR count). The molecule has 134 valence electrons. The molecule has 25 heavy (non-hydrogen) atoms. The Balaban J connectivity index is 1.92. The summed E-state index contributed by atoms with van der Waals surface area (Å²) in [4.78, 5) is 11.9. The first-order valence-electron chi connectivity index (χ1n) is 8.06. The standard InChI is InChI=1S/C19H21F3N2O/c1-11(2)13-4-6-14(7-5-13)12(3)23-10-17(25)24-16-9-8-15(20)18(21)19(16)22/h4-9,11-12,23H,10H2,1-3H3,(H,24,25). The van der Waals surface area contributed by atoms with Gasteiger partial charge in [-0.15, -0.1) is 0 Å². The first-order chi connectivity index (χ1) is 11.8. The molecule has 0 aliphatic rings. The molecule has 0 radical (unpaired) electrons. The van der Waals surface area contributed by atoms with Gasteiger partial charge in [-0.05, 0) is 36.1 Å². The molecule has 2 aromatic carbocycles. The van der Waals surface area contributed by atoms with Gasteiger partial charge in [0.1, 0.15) is 0 Å². The van der Waals surface area contributed by atoms with Gasteiger partial charge in [-0.25, -0.2) is 13.2 Å². The molecule has 1 atom stereocenters. The van der Waals surface area contributed by atoms with Gasteiger partial charge in [0.25, 0.3) is 0 Å². The molecule has 2 aromatic rings. The molecule has 0 spiro atoms. The van der Waals surface area contributed by atoms with Crippen LogP contribution in [0.5, 0.6) is 0 Å². The van der Waals surface area contributed by atoms with Gasteiger partial charge in [0.15, 0.2) is 17.5 Å². The van der Waals surface area contributed by atoms with Crippen LogP contribution in [0.2, 0.25) is 0 Å². The first kappa shape index (κ1) is 19.0. The molecule has 0 saturated heterocycles. The minimum Gasteiger partial charge on any atom is -0.322 e. The number of benzene rings is 2. The Hall–Kier alpha value is -2.34. The Morgan fingerprint density at radius 3 is 2.12 bits per heavy atom. The fourth-order valence-electron chi connectivity index (χ4n) is 2.35. The summed E-state index contributed by atoms with van der Waals surface area (Å²) in [6.07, 6.45) is 0. The Bertz CT molecular complexity index is 745. The second-order valence-electron chi connectivity index (χ2n) is 6.20. The summed E-state index contributed by atoms with van der Waals surface area (Å²) in [7, 11) is 0. The summed E-state index contributed by atoms with van der Waals surface area (Å²) in [5.41, 5.74) is 1.85. The average Bonchev–Trinajstić information content (AvgIpc) is 2.60. The van der Waals surface area contributed by atoms with E-state index in [1.165, 1.54) is 5.56 Å². The van der Waals surface area contributed by atoms with E-state index in [0.717, 1.165) is 17.7 Å². The van der Waals surface area contributed by atoms with Crippen molar-refractivity contribution >= 4 is 11.6 Å². The van der Waals surface area contributed by atoms with Crippen LogP contribution in [0.3, 0.4) is 0 Å². The van der Waals surface area contributed by atoms with Crippen molar-refractivity contribution in [2.45, 2.75) is 32.7 Å². The molecular weight excluding hydrogens is 329 g/mol. The van der Waals surface area contributed by atoms with Crippen molar-refractivity contribution in [3.05, 3.63) is 65.0 Å². The average molecular weight is 350 g/mol. The lowest BCUT2D eigenvalue weighted by Gasteiger charge is -2.15. The zero-order valence-corrected chi connectivity index (χ0v) is 14.4. The van der Waals surface area contributed by atoms with Crippen LogP contribution in [0.1, 0.15) is 43.9 Å². The maximum atomic E-state index is 13.5. The summed E-state index contributed by atoms with van der Waals surface area (Å²) >= 11 is 0. The molecule has 0 bridgehead atoms. The third-order valence-electron chi connectivity index (χ3n) is 3.98. The molecule has 0 aliphatic heterocycles. The number of carbonyl (C=O) groups is 1. The van der Waals surface area contributed by atoms with Gasteiger partial charge < -0.3 is 10.6 Å². The van der Waals surface area contributed by atoms with Crippen molar-refractivity contribution < 1.29 is 18.0 Å². The van der Waals surface area contributed by atoms with E-state index in [2.05, 4.69) is 24.5 Å². The van der Waals surface area contributed by atoms with Crippen LogP contribution in [0.4, 0.5) is 18.9 Å². The second kappa shape index (κ2) is 8.16. The van der Waals surface area contributed by atoms with Gasteiger partial charge in [-0.1, -0.05) is 38.1 Å². The number of hydrogen-bond acceptors (Lipinski definition) is 2. The molecule has 0 aliphatic carbocycles. The highest BCUT2D eigenvalue weighted by molar-refractivity contribution is 5.92. The van der Waals surface area contributed by atoms with E-state index >= 15 is 0 Å². The van der Waals surface area contributed by atoms with Crippen LogP contribution < -0.4 is 10.6 Å². The highest BCUT2D eigenvalue weighted by atomic mass is 19.2. The largest absolute Gasteiger partial charge is 0.322 e. The molecule has 0 heterocycles. The van der Waals surface area contributed by atoms with Crippen molar-refractivity contribution in [1.29, 1.82) is 0 Å². The quantitative estimate of drug-likeness (QED) is 0.752. The van der Waals surface area contributed by atoms with Gasteiger partial charge >= 0.3 is 0 Å². The number of anilines is 1. The predicted molar refractivity (Wildman–Crippen MR) is 91.9 cm³/mol. The van der Waals surface area contributed by atoms with E-state index in [4.69, 9.17) is 0 Å². The Kier molecular flexibility index (Phi) is 6.20. The SMILES string of the molecule is CC(C)c1ccc(C(C)NCC(=O)Nc2ccc(F)c(F)c2F)cc1. The van der Waals surface area contributed by atoms with Gasteiger partial charge in [-0.3, -0.25) is 4.79 Å². The highest BCUT2D eigenvalue weighted by Crippen LogP contribution is 2.20. The lowest BCUT2D eigenvalue weighted by Crippen LogP contribution is -2.30. The van der Waals surface area contributed by atoms with Crippen LogP contribution in [0.15, 0.2) is 36.4 Å². The maximum Gasteiger partial charge on any atom is 0.238 e. The molecule has 1 unspecified atom stereocenters. The van der Waals surface area contributed by atoms with Crippen molar-refractivity contribution in [2.75, 3.05) is 11.9 Å². The van der Waals surface area contributed by atoms with Crippen molar-refractivity contribution in [2.24, 2.45) is 0 Å². The Morgan fingerprint density at radius 2 is 1.52 bits per heavy atom. The molecule has 3 nitrogen and oxygen atoms in total. The van der Waals surface area contributed by atoms with Crippen LogP contribution in [-0.4, -0.2) is 12.5 Å². The highest BCUT2D eigenvalue weighted by Gasteiger charge is 2.15. The fraction of sp³-hybridized carbons (Fsp3) is 0.316. The van der Waals surface area contributed by atoms with Gasteiger partial charge in [0.2, 0.25) is 5.91 Å². The molecule has 6 heteroatoms.